The van der Waals surface area contributed by atoms with E-state index in [0.29, 0.717) is 10.2 Å². The molecule has 4 heteroatoms. The van der Waals surface area contributed by atoms with Crippen molar-refractivity contribution >= 4 is 43.1 Å². The average Bonchev–Trinajstić information content (AvgIpc) is 2.94. The molecule has 0 aliphatic rings. The van der Waals surface area contributed by atoms with Crippen molar-refractivity contribution in [1.29, 1.82) is 0 Å². The number of thiophene rings is 1. The lowest BCUT2D eigenvalue weighted by Crippen LogP contribution is -1.98. The Morgan fingerprint density at radius 2 is 2.00 bits per heavy atom. The minimum atomic E-state index is -0.0110. The number of carbonyl (C=O) groups is 1. The maximum atomic E-state index is 12.3. The van der Waals surface area contributed by atoms with Crippen LogP contribution in [0.5, 0.6) is 0 Å². The van der Waals surface area contributed by atoms with Crippen LogP contribution in [0.25, 0.3) is 10.1 Å². The summed E-state index contributed by atoms with van der Waals surface area (Å²) >= 11 is 4.81. The van der Waals surface area contributed by atoms with Gasteiger partial charge in [-0.25, -0.2) is 0 Å². The van der Waals surface area contributed by atoms with Gasteiger partial charge >= 0.3 is 0 Å². The zero-order valence-electron chi connectivity index (χ0n) is 8.64. The van der Waals surface area contributed by atoms with Gasteiger partial charge in [0.2, 0.25) is 0 Å². The molecule has 3 rings (SSSR count). The van der Waals surface area contributed by atoms with Gasteiger partial charge in [-0.15, -0.1) is 11.3 Å². The largest absolute Gasteiger partial charge is 0.457 e. The Morgan fingerprint density at radius 1 is 1.18 bits per heavy atom. The predicted molar refractivity (Wildman–Crippen MR) is 71.7 cm³/mol. The first-order chi connectivity index (χ1) is 8.27. The molecule has 0 amide bonds. The molecule has 0 N–H and O–H groups in total. The molecule has 0 aliphatic carbocycles. The van der Waals surface area contributed by atoms with Gasteiger partial charge in [-0.05, 0) is 28.1 Å². The van der Waals surface area contributed by atoms with Crippen molar-refractivity contribution in [2.24, 2.45) is 0 Å². The molecule has 0 fully saturated rings. The fourth-order valence-corrected chi connectivity index (χ4v) is 3.12. The molecule has 0 unspecified atom stereocenters. The molecule has 3 aromatic rings. The van der Waals surface area contributed by atoms with E-state index in [2.05, 4.69) is 15.9 Å². The number of fused-ring (bicyclic) bond motifs is 1. The van der Waals surface area contributed by atoms with Crippen LogP contribution in [0, 0.1) is 0 Å². The standard InChI is InChI=1S/C13H7BrO2S/c14-13-9(5-6-16-13)12(15)10-7-17-11-4-2-1-3-8(10)11/h1-7H. The van der Waals surface area contributed by atoms with E-state index in [1.54, 1.807) is 17.4 Å². The van der Waals surface area contributed by atoms with E-state index in [-0.39, 0.29) is 5.78 Å². The van der Waals surface area contributed by atoms with Gasteiger partial charge in [-0.2, -0.15) is 0 Å². The summed E-state index contributed by atoms with van der Waals surface area (Å²) < 4.78 is 6.70. The number of hydrogen-bond acceptors (Lipinski definition) is 3. The molecule has 1 aromatic carbocycles. The normalized spacial score (nSPS) is 10.9. The van der Waals surface area contributed by atoms with Gasteiger partial charge in [-0.3, -0.25) is 4.79 Å². The zero-order chi connectivity index (χ0) is 11.8. The first-order valence-electron chi connectivity index (χ1n) is 5.01. The second-order valence-corrected chi connectivity index (χ2v) is 5.21. The van der Waals surface area contributed by atoms with E-state index in [9.17, 15) is 4.79 Å². The molecule has 2 nitrogen and oxygen atoms in total. The maximum Gasteiger partial charge on any atom is 0.198 e. The first-order valence-corrected chi connectivity index (χ1v) is 6.68. The number of ketones is 1. The zero-order valence-corrected chi connectivity index (χ0v) is 11.0. The molecule has 0 bridgehead atoms. The highest BCUT2D eigenvalue weighted by Gasteiger charge is 2.18. The number of hydrogen-bond donors (Lipinski definition) is 0. The van der Waals surface area contributed by atoms with E-state index >= 15 is 0 Å². The van der Waals surface area contributed by atoms with Gasteiger partial charge in [0, 0.05) is 21.0 Å². The highest BCUT2D eigenvalue weighted by Crippen LogP contribution is 2.29. The fraction of sp³-hybridized carbons (Fsp3) is 0. The monoisotopic (exact) mass is 306 g/mol. The van der Waals surface area contributed by atoms with Gasteiger partial charge in [0.1, 0.15) is 0 Å². The van der Waals surface area contributed by atoms with E-state index in [4.69, 9.17) is 4.42 Å². The van der Waals surface area contributed by atoms with Crippen LogP contribution >= 0.6 is 27.3 Å². The van der Waals surface area contributed by atoms with Crippen molar-refractivity contribution in [2.75, 3.05) is 0 Å². The molecule has 0 saturated heterocycles. The van der Waals surface area contributed by atoms with Crippen LogP contribution in [-0.4, -0.2) is 5.78 Å². The molecule has 0 atom stereocenters. The van der Waals surface area contributed by atoms with Crippen molar-refractivity contribution in [2.45, 2.75) is 0 Å². The van der Waals surface area contributed by atoms with E-state index in [0.717, 1.165) is 15.6 Å². The Labute approximate surface area is 110 Å². The average molecular weight is 307 g/mol. The Balaban J connectivity index is 2.17. The number of rotatable bonds is 2. The van der Waals surface area contributed by atoms with Gasteiger partial charge < -0.3 is 4.42 Å². The highest BCUT2D eigenvalue weighted by molar-refractivity contribution is 9.10. The lowest BCUT2D eigenvalue weighted by Gasteiger charge is -1.96. The van der Waals surface area contributed by atoms with Crippen molar-refractivity contribution in [3.8, 4) is 0 Å². The van der Waals surface area contributed by atoms with Crippen molar-refractivity contribution in [3.05, 3.63) is 57.8 Å². The number of furan rings is 1. The molecule has 0 radical (unpaired) electrons. The molecule has 0 aliphatic heterocycles. The summed E-state index contributed by atoms with van der Waals surface area (Å²) in [5.41, 5.74) is 1.29. The summed E-state index contributed by atoms with van der Waals surface area (Å²) in [6.45, 7) is 0. The minimum absolute atomic E-state index is 0.0110. The second-order valence-electron chi connectivity index (χ2n) is 3.58. The van der Waals surface area contributed by atoms with Crippen molar-refractivity contribution < 1.29 is 9.21 Å². The van der Waals surface area contributed by atoms with E-state index in [1.165, 1.54) is 6.26 Å². The Kier molecular flexibility index (Phi) is 2.61. The number of halogens is 1. The molecule has 2 aromatic heterocycles. The summed E-state index contributed by atoms with van der Waals surface area (Å²) in [6, 6.07) is 9.57. The lowest BCUT2D eigenvalue weighted by molar-refractivity contribution is 0.103. The summed E-state index contributed by atoms with van der Waals surface area (Å²) in [7, 11) is 0. The van der Waals surface area contributed by atoms with Gasteiger partial charge in [0.15, 0.2) is 10.5 Å². The minimum Gasteiger partial charge on any atom is -0.457 e. The molecule has 17 heavy (non-hydrogen) atoms. The summed E-state index contributed by atoms with van der Waals surface area (Å²) in [5, 5.41) is 2.89. The maximum absolute atomic E-state index is 12.3. The highest BCUT2D eigenvalue weighted by atomic mass is 79.9. The van der Waals surface area contributed by atoms with Gasteiger partial charge in [-0.1, -0.05) is 18.2 Å². The van der Waals surface area contributed by atoms with Gasteiger partial charge in [0.25, 0.3) is 0 Å². The number of benzene rings is 1. The summed E-state index contributed by atoms with van der Waals surface area (Å²) in [5.74, 6) is -0.0110. The van der Waals surface area contributed by atoms with Crippen LogP contribution in [0.2, 0.25) is 0 Å². The number of carbonyl (C=O) groups excluding carboxylic acids is 1. The fourth-order valence-electron chi connectivity index (χ4n) is 1.75. The lowest BCUT2D eigenvalue weighted by atomic mass is 10.1. The molecular weight excluding hydrogens is 300 g/mol. The Morgan fingerprint density at radius 3 is 2.76 bits per heavy atom. The van der Waals surface area contributed by atoms with E-state index in [1.807, 2.05) is 29.6 Å². The molecular formula is C13H7BrO2S. The van der Waals surface area contributed by atoms with Crippen LogP contribution in [-0.2, 0) is 0 Å². The van der Waals surface area contributed by atoms with Crippen LogP contribution in [0.3, 0.4) is 0 Å². The third-order valence-corrected chi connectivity index (χ3v) is 4.17. The predicted octanol–water partition coefficient (Wildman–Crippen LogP) is 4.49. The Hall–Kier alpha value is -1.39. The topological polar surface area (TPSA) is 30.2 Å². The molecule has 0 spiro atoms. The summed E-state index contributed by atoms with van der Waals surface area (Å²) in [4.78, 5) is 12.3. The first kappa shape index (κ1) is 10.7. The van der Waals surface area contributed by atoms with Crippen molar-refractivity contribution in [3.63, 3.8) is 0 Å². The van der Waals surface area contributed by atoms with Crippen LogP contribution < -0.4 is 0 Å². The smallest absolute Gasteiger partial charge is 0.198 e. The molecule has 0 saturated carbocycles. The second kappa shape index (κ2) is 4.13. The SMILES string of the molecule is O=C(c1ccoc1Br)c1csc2ccccc12. The Bertz CT molecular complexity index is 696. The molecule has 2 heterocycles. The van der Waals surface area contributed by atoms with Crippen LogP contribution in [0.4, 0.5) is 0 Å². The third-order valence-electron chi connectivity index (χ3n) is 2.59. The van der Waals surface area contributed by atoms with E-state index < -0.39 is 0 Å². The van der Waals surface area contributed by atoms with Crippen molar-refractivity contribution in [1.82, 2.24) is 0 Å². The third kappa shape index (κ3) is 1.73. The van der Waals surface area contributed by atoms with Gasteiger partial charge in [0.05, 0.1) is 11.8 Å². The molecule has 84 valence electrons. The quantitative estimate of drug-likeness (QED) is 0.653. The van der Waals surface area contributed by atoms with Crippen LogP contribution in [0.1, 0.15) is 15.9 Å². The van der Waals surface area contributed by atoms with Crippen LogP contribution in [0.15, 0.2) is 51.1 Å². The summed E-state index contributed by atoms with van der Waals surface area (Å²) in [6.07, 6.45) is 1.51.